The van der Waals surface area contributed by atoms with Crippen molar-refractivity contribution in [1.29, 1.82) is 0 Å². The zero-order valence-corrected chi connectivity index (χ0v) is 22.4. The van der Waals surface area contributed by atoms with Crippen molar-refractivity contribution in [3.05, 3.63) is 102 Å². The van der Waals surface area contributed by atoms with Crippen LogP contribution in [0, 0.1) is 0 Å². The molecule has 42 heavy (non-hydrogen) atoms. The predicted octanol–water partition coefficient (Wildman–Crippen LogP) is 6.51. The van der Waals surface area contributed by atoms with Crippen molar-refractivity contribution >= 4 is 22.6 Å². The lowest BCUT2D eigenvalue weighted by molar-refractivity contribution is -0.286. The number of aromatic nitrogens is 2. The van der Waals surface area contributed by atoms with Crippen LogP contribution < -0.4 is 14.8 Å². The number of amides is 1. The van der Waals surface area contributed by atoms with Gasteiger partial charge in [-0.15, -0.1) is 8.78 Å². The quantitative estimate of drug-likeness (QED) is 0.221. The van der Waals surface area contributed by atoms with Crippen LogP contribution in [0.15, 0.2) is 91.0 Å². The van der Waals surface area contributed by atoms with Crippen LogP contribution in [0.25, 0.3) is 33.3 Å². The second-order valence-electron chi connectivity index (χ2n) is 9.92. The van der Waals surface area contributed by atoms with Crippen LogP contribution in [-0.2, 0) is 4.79 Å². The summed E-state index contributed by atoms with van der Waals surface area (Å²) in [4.78, 5) is 23.2. The fourth-order valence-corrected chi connectivity index (χ4v) is 5.00. The molecule has 1 unspecified atom stereocenters. The van der Waals surface area contributed by atoms with E-state index in [0.29, 0.717) is 16.8 Å². The minimum Gasteiger partial charge on any atom is -0.481 e. The Bertz CT molecular complexity index is 1820. The van der Waals surface area contributed by atoms with Crippen LogP contribution in [0.1, 0.15) is 35.3 Å². The van der Waals surface area contributed by atoms with Crippen LogP contribution in [0.5, 0.6) is 11.5 Å². The Hall–Kier alpha value is -5.25. The molecule has 2 N–H and O–H groups in total. The van der Waals surface area contributed by atoms with E-state index in [-0.39, 0.29) is 36.4 Å². The molecule has 0 fully saturated rings. The molecule has 5 aromatic rings. The molecule has 0 bridgehead atoms. The summed E-state index contributed by atoms with van der Waals surface area (Å²) < 4.78 is 39.2. The van der Waals surface area contributed by atoms with Crippen molar-refractivity contribution in [2.24, 2.45) is 0 Å². The van der Waals surface area contributed by atoms with E-state index in [2.05, 4.69) is 10.1 Å². The lowest BCUT2D eigenvalue weighted by Gasteiger charge is -2.17. The number of carbonyl (C=O) groups excluding carboxylic acids is 1. The van der Waals surface area contributed by atoms with Crippen molar-refractivity contribution in [2.45, 2.75) is 25.7 Å². The number of aliphatic carboxylic acids is 1. The van der Waals surface area contributed by atoms with Gasteiger partial charge in [0.05, 0.1) is 23.9 Å². The summed E-state index contributed by atoms with van der Waals surface area (Å²) in [5.74, 6) is -1.51. The lowest BCUT2D eigenvalue weighted by atomic mass is 10.0. The summed E-state index contributed by atoms with van der Waals surface area (Å²) in [6, 6.07) is 27.2. The number of carbonyl (C=O) groups is 2. The number of nitrogens with zero attached hydrogens (tertiary/aromatic N) is 2. The molecule has 10 heteroatoms. The molecule has 0 radical (unpaired) electrons. The SMILES string of the molecule is CC(c1ccc(C(=O)NCCC(=O)O)cc1)n1nc(-c2cccc3c2OC(F)(F)O3)cc1-c1ccc2ccccc2c1. The third-order valence-corrected chi connectivity index (χ3v) is 7.13. The van der Waals surface area contributed by atoms with E-state index in [4.69, 9.17) is 14.9 Å². The van der Waals surface area contributed by atoms with Gasteiger partial charge in [0.15, 0.2) is 11.5 Å². The van der Waals surface area contributed by atoms with Crippen LogP contribution in [0.4, 0.5) is 8.78 Å². The largest absolute Gasteiger partial charge is 0.586 e. The Kier molecular flexibility index (Phi) is 6.82. The van der Waals surface area contributed by atoms with Crippen molar-refractivity contribution in [3.8, 4) is 34.0 Å². The summed E-state index contributed by atoms with van der Waals surface area (Å²) in [6.07, 6.45) is -3.93. The fourth-order valence-electron chi connectivity index (χ4n) is 5.00. The number of hydrogen-bond acceptors (Lipinski definition) is 5. The minimum absolute atomic E-state index is 0.0291. The van der Waals surface area contributed by atoms with E-state index in [1.807, 2.05) is 60.1 Å². The Morgan fingerprint density at radius 2 is 1.71 bits per heavy atom. The number of nitrogens with one attached hydrogen (secondary N) is 1. The van der Waals surface area contributed by atoms with E-state index < -0.39 is 12.3 Å². The zero-order valence-electron chi connectivity index (χ0n) is 22.4. The first-order valence-electron chi connectivity index (χ1n) is 13.3. The Morgan fingerprint density at radius 1 is 0.952 bits per heavy atom. The molecular formula is C32H25F2N3O5. The number of benzene rings is 4. The molecule has 1 aliphatic heterocycles. The maximum Gasteiger partial charge on any atom is 0.586 e. The molecule has 0 saturated carbocycles. The van der Waals surface area contributed by atoms with E-state index >= 15 is 0 Å². The van der Waals surface area contributed by atoms with Gasteiger partial charge in [0, 0.05) is 23.2 Å². The number of ether oxygens (including phenoxy) is 2. The molecule has 1 aromatic heterocycles. The highest BCUT2D eigenvalue weighted by Crippen LogP contribution is 2.47. The molecule has 0 aliphatic carbocycles. The van der Waals surface area contributed by atoms with Crippen LogP contribution in [-0.4, -0.2) is 39.6 Å². The zero-order chi connectivity index (χ0) is 29.4. The van der Waals surface area contributed by atoms with E-state index in [1.54, 1.807) is 36.4 Å². The molecule has 1 atom stereocenters. The monoisotopic (exact) mass is 569 g/mol. The molecule has 8 nitrogen and oxygen atoms in total. The summed E-state index contributed by atoms with van der Waals surface area (Å²) in [6.45, 7) is 1.98. The van der Waals surface area contributed by atoms with E-state index in [1.165, 1.54) is 6.07 Å². The average molecular weight is 570 g/mol. The molecule has 2 heterocycles. The van der Waals surface area contributed by atoms with Gasteiger partial charge in [-0.25, -0.2) is 0 Å². The van der Waals surface area contributed by atoms with Crippen molar-refractivity contribution in [3.63, 3.8) is 0 Å². The number of carboxylic acids is 1. The summed E-state index contributed by atoms with van der Waals surface area (Å²) in [5.41, 5.74) is 3.66. The summed E-state index contributed by atoms with van der Waals surface area (Å²) >= 11 is 0. The number of carboxylic acid groups (broad SMARTS) is 1. The van der Waals surface area contributed by atoms with Crippen molar-refractivity contribution in [2.75, 3.05) is 6.54 Å². The standard InChI is InChI=1S/C32H25F2N3O5/c1-19(20-9-12-22(13-10-20)31(40)35-16-15-29(38)39)37-27(24-14-11-21-5-2-3-6-23(21)17-24)18-26(36-37)25-7-4-8-28-30(25)42-32(33,34)41-28/h2-14,17-19H,15-16H2,1H3,(H,35,40)(H,38,39). The molecule has 6 rings (SSSR count). The number of alkyl halides is 2. The lowest BCUT2D eigenvalue weighted by Crippen LogP contribution is -2.26. The maximum absolute atomic E-state index is 13.9. The first-order chi connectivity index (χ1) is 20.2. The third-order valence-electron chi connectivity index (χ3n) is 7.13. The van der Waals surface area contributed by atoms with Gasteiger partial charge in [0.25, 0.3) is 5.91 Å². The predicted molar refractivity (Wildman–Crippen MR) is 152 cm³/mol. The van der Waals surface area contributed by atoms with E-state index in [0.717, 1.165) is 27.6 Å². The van der Waals surface area contributed by atoms with Crippen LogP contribution in [0.2, 0.25) is 0 Å². The van der Waals surface area contributed by atoms with E-state index in [9.17, 15) is 18.4 Å². The van der Waals surface area contributed by atoms with Gasteiger partial charge in [-0.1, -0.05) is 54.6 Å². The van der Waals surface area contributed by atoms with Gasteiger partial charge >= 0.3 is 12.3 Å². The molecule has 0 spiro atoms. The van der Waals surface area contributed by atoms with Gasteiger partial charge < -0.3 is 19.9 Å². The second-order valence-corrected chi connectivity index (χ2v) is 9.92. The second kappa shape index (κ2) is 10.6. The molecule has 212 valence electrons. The smallest absolute Gasteiger partial charge is 0.481 e. The average Bonchev–Trinajstić information content (AvgIpc) is 3.56. The Balaban J connectivity index is 1.39. The summed E-state index contributed by atoms with van der Waals surface area (Å²) in [7, 11) is 0. The fraction of sp³-hybridized carbons (Fsp3) is 0.156. The number of rotatable bonds is 8. The number of halogens is 2. The van der Waals surface area contributed by atoms with Crippen molar-refractivity contribution < 1.29 is 33.0 Å². The first-order valence-corrected chi connectivity index (χ1v) is 13.3. The minimum atomic E-state index is -3.77. The molecule has 4 aromatic carbocycles. The maximum atomic E-state index is 13.9. The highest BCUT2D eigenvalue weighted by Gasteiger charge is 2.45. The van der Waals surface area contributed by atoms with Crippen molar-refractivity contribution in [1.82, 2.24) is 15.1 Å². The van der Waals surface area contributed by atoms with Gasteiger partial charge in [0.1, 0.15) is 0 Å². The van der Waals surface area contributed by atoms with Gasteiger partial charge in [-0.3, -0.25) is 14.3 Å². The van der Waals surface area contributed by atoms with Gasteiger partial charge in [-0.05, 0) is 59.7 Å². The molecule has 1 amide bonds. The number of hydrogen-bond donors (Lipinski definition) is 2. The molecule has 0 saturated heterocycles. The third kappa shape index (κ3) is 5.26. The highest BCUT2D eigenvalue weighted by molar-refractivity contribution is 5.94. The number of fused-ring (bicyclic) bond motifs is 2. The first kappa shape index (κ1) is 26.9. The van der Waals surface area contributed by atoms with Crippen LogP contribution >= 0.6 is 0 Å². The normalized spacial score (nSPS) is 14.1. The molecular weight excluding hydrogens is 544 g/mol. The van der Waals surface area contributed by atoms with Gasteiger partial charge in [0.2, 0.25) is 0 Å². The number of para-hydroxylation sites is 1. The summed E-state index contributed by atoms with van der Waals surface area (Å²) in [5, 5.41) is 18.4. The van der Waals surface area contributed by atoms with Gasteiger partial charge in [-0.2, -0.15) is 5.10 Å². The highest BCUT2D eigenvalue weighted by atomic mass is 19.3. The molecule has 1 aliphatic rings. The van der Waals surface area contributed by atoms with Crippen LogP contribution in [0.3, 0.4) is 0 Å². The Morgan fingerprint density at radius 3 is 2.48 bits per heavy atom. The topological polar surface area (TPSA) is 103 Å². The Labute approximate surface area is 239 Å².